The van der Waals surface area contributed by atoms with E-state index in [9.17, 15) is 4.79 Å². The molecule has 3 rings (SSSR count). The average Bonchev–Trinajstić information content (AvgIpc) is 3.32. The van der Waals surface area contributed by atoms with E-state index < -0.39 is 5.91 Å². The number of ether oxygens (including phenoxy) is 2. The smallest absolute Gasteiger partial charge is 0.267 e. The van der Waals surface area contributed by atoms with Gasteiger partial charge < -0.3 is 13.9 Å². The van der Waals surface area contributed by atoms with E-state index in [1.807, 2.05) is 24.3 Å². The van der Waals surface area contributed by atoms with E-state index in [1.165, 1.54) is 17.7 Å². The zero-order valence-corrected chi connectivity index (χ0v) is 16.2. The van der Waals surface area contributed by atoms with Crippen LogP contribution >= 0.6 is 0 Å². The molecule has 0 unspecified atom stereocenters. The Labute approximate surface area is 164 Å². The maximum Gasteiger partial charge on any atom is 0.267 e. The molecule has 0 bridgehead atoms. The number of rotatable bonds is 9. The predicted molar refractivity (Wildman–Crippen MR) is 104 cm³/mol. The van der Waals surface area contributed by atoms with Crippen molar-refractivity contribution in [2.24, 2.45) is 5.92 Å². The maximum atomic E-state index is 11.1. The molecule has 7 nitrogen and oxygen atoms in total. The predicted octanol–water partition coefficient (Wildman–Crippen LogP) is 3.23. The van der Waals surface area contributed by atoms with Crippen LogP contribution in [0.5, 0.6) is 11.5 Å². The van der Waals surface area contributed by atoms with E-state index >= 15 is 0 Å². The molecular weight excluding hydrogens is 360 g/mol. The van der Waals surface area contributed by atoms with Crippen molar-refractivity contribution in [3.05, 3.63) is 53.5 Å². The minimum Gasteiger partial charge on any atom is -0.460 e. The van der Waals surface area contributed by atoms with Gasteiger partial charge in [-0.2, -0.15) is 0 Å². The second kappa shape index (κ2) is 9.43. The Hall–Kier alpha value is -2.77. The molecule has 1 aromatic heterocycles. The molecule has 2 N–H and O–H groups in total. The number of hydrogen-bond donors (Lipinski definition) is 2. The van der Waals surface area contributed by atoms with Crippen LogP contribution in [0.15, 0.2) is 40.8 Å². The van der Waals surface area contributed by atoms with E-state index in [-0.39, 0.29) is 6.79 Å². The topological polar surface area (TPSA) is 84.2 Å². The fourth-order valence-electron chi connectivity index (χ4n) is 3.12. The molecular formula is C21H26N2O5. The number of carbonyl (C=O) groups excluding carboxylic acids is 1. The fraction of sp³-hybridized carbons (Fsp3) is 0.381. The Morgan fingerprint density at radius 3 is 2.86 bits per heavy atom. The van der Waals surface area contributed by atoms with Crippen LogP contribution in [0, 0.1) is 5.92 Å². The molecule has 0 atom stereocenters. The molecule has 2 heterocycles. The Morgan fingerprint density at radius 1 is 1.25 bits per heavy atom. The van der Waals surface area contributed by atoms with E-state index in [0.717, 1.165) is 36.8 Å². The number of furan rings is 1. The van der Waals surface area contributed by atoms with Gasteiger partial charge in [0.05, 0.1) is 6.54 Å². The highest BCUT2D eigenvalue weighted by molar-refractivity contribution is 5.90. The molecule has 0 radical (unpaired) electrons. The lowest BCUT2D eigenvalue weighted by atomic mass is 10.1. The first-order valence-corrected chi connectivity index (χ1v) is 9.35. The largest absolute Gasteiger partial charge is 0.460 e. The molecule has 7 heteroatoms. The molecule has 0 aliphatic carbocycles. The van der Waals surface area contributed by atoms with Gasteiger partial charge in [0.1, 0.15) is 11.5 Å². The summed E-state index contributed by atoms with van der Waals surface area (Å²) in [6.45, 7) is 7.19. The van der Waals surface area contributed by atoms with Crippen molar-refractivity contribution < 1.29 is 23.9 Å². The minimum atomic E-state index is -0.594. The minimum absolute atomic E-state index is 0.285. The summed E-state index contributed by atoms with van der Waals surface area (Å²) in [4.78, 5) is 13.4. The zero-order chi connectivity index (χ0) is 19.9. The second-order valence-corrected chi connectivity index (χ2v) is 7.18. The Balaban J connectivity index is 1.60. The van der Waals surface area contributed by atoms with E-state index in [2.05, 4.69) is 24.8 Å². The molecule has 0 fully saturated rings. The van der Waals surface area contributed by atoms with Crippen LogP contribution in [0.4, 0.5) is 0 Å². The first kappa shape index (κ1) is 20.0. The lowest BCUT2D eigenvalue weighted by molar-refractivity contribution is -0.124. The average molecular weight is 386 g/mol. The van der Waals surface area contributed by atoms with E-state index in [0.29, 0.717) is 18.2 Å². The van der Waals surface area contributed by atoms with Gasteiger partial charge in [-0.25, -0.2) is 5.48 Å². The van der Waals surface area contributed by atoms with Crippen LogP contribution in [0.1, 0.15) is 30.9 Å². The number of nitrogens with one attached hydrogen (secondary N) is 1. The molecule has 150 valence electrons. The molecule has 0 saturated carbocycles. The summed E-state index contributed by atoms with van der Waals surface area (Å²) in [7, 11) is 0. The summed E-state index contributed by atoms with van der Waals surface area (Å²) in [5.41, 5.74) is 2.76. The van der Waals surface area contributed by atoms with Crippen LogP contribution in [0.25, 0.3) is 6.08 Å². The summed E-state index contributed by atoms with van der Waals surface area (Å²) in [5, 5.41) is 8.52. The summed E-state index contributed by atoms with van der Waals surface area (Å²) in [6, 6.07) is 9.78. The van der Waals surface area contributed by atoms with Gasteiger partial charge in [0.15, 0.2) is 11.5 Å². The van der Waals surface area contributed by atoms with Gasteiger partial charge in [-0.15, -0.1) is 0 Å². The quantitative estimate of drug-likeness (QED) is 0.391. The van der Waals surface area contributed by atoms with Gasteiger partial charge in [0.25, 0.3) is 5.91 Å². The Kier molecular flexibility index (Phi) is 6.73. The molecule has 2 aromatic rings. The van der Waals surface area contributed by atoms with E-state index in [4.69, 9.17) is 19.1 Å². The van der Waals surface area contributed by atoms with Crippen LogP contribution in [-0.4, -0.2) is 35.9 Å². The lowest BCUT2D eigenvalue weighted by Crippen LogP contribution is -2.29. The molecule has 1 aliphatic heterocycles. The second-order valence-electron chi connectivity index (χ2n) is 7.18. The maximum absolute atomic E-state index is 11.1. The van der Waals surface area contributed by atoms with E-state index in [1.54, 1.807) is 5.48 Å². The van der Waals surface area contributed by atoms with Crippen LogP contribution in [0.3, 0.4) is 0 Å². The van der Waals surface area contributed by atoms with Gasteiger partial charge in [0.2, 0.25) is 6.79 Å². The van der Waals surface area contributed by atoms with Crippen molar-refractivity contribution >= 4 is 12.0 Å². The molecule has 0 saturated heterocycles. The number of nitrogens with zero attached hydrogens (tertiary/aromatic N) is 1. The molecule has 1 amide bonds. The van der Waals surface area contributed by atoms with Gasteiger partial charge >= 0.3 is 0 Å². The van der Waals surface area contributed by atoms with Crippen LogP contribution < -0.4 is 15.0 Å². The summed E-state index contributed by atoms with van der Waals surface area (Å²) in [6.07, 6.45) is 3.64. The van der Waals surface area contributed by atoms with Crippen molar-refractivity contribution in [3.8, 4) is 11.5 Å². The normalized spacial score (nSPS) is 13.0. The monoisotopic (exact) mass is 386 g/mol. The zero-order valence-electron chi connectivity index (χ0n) is 16.2. The SMILES string of the molecule is CC(C)CN(CCc1ccc2c(c1)OCO2)Cc1ccc(/C=C/C(=O)NO)o1. The highest BCUT2D eigenvalue weighted by Gasteiger charge is 2.15. The van der Waals surface area contributed by atoms with Gasteiger partial charge in [-0.05, 0) is 48.2 Å². The van der Waals surface area contributed by atoms with Crippen molar-refractivity contribution in [1.82, 2.24) is 10.4 Å². The first-order valence-electron chi connectivity index (χ1n) is 9.35. The Morgan fingerprint density at radius 2 is 2.07 bits per heavy atom. The first-order chi connectivity index (χ1) is 13.5. The highest BCUT2D eigenvalue weighted by atomic mass is 16.7. The third kappa shape index (κ3) is 5.61. The van der Waals surface area contributed by atoms with Crippen molar-refractivity contribution in [2.75, 3.05) is 19.9 Å². The number of hydrogen-bond acceptors (Lipinski definition) is 6. The van der Waals surface area contributed by atoms with Crippen molar-refractivity contribution in [3.63, 3.8) is 0 Å². The van der Waals surface area contributed by atoms with Gasteiger partial charge in [-0.3, -0.25) is 14.9 Å². The number of benzene rings is 1. The molecule has 1 aromatic carbocycles. The summed E-state index contributed by atoms with van der Waals surface area (Å²) in [5.74, 6) is 2.94. The van der Waals surface area contributed by atoms with Crippen molar-refractivity contribution in [2.45, 2.75) is 26.8 Å². The molecule has 28 heavy (non-hydrogen) atoms. The number of amides is 1. The number of hydroxylamine groups is 1. The summed E-state index contributed by atoms with van der Waals surface area (Å²) >= 11 is 0. The van der Waals surface area contributed by atoms with Gasteiger partial charge in [-0.1, -0.05) is 19.9 Å². The molecule has 0 spiro atoms. The highest BCUT2D eigenvalue weighted by Crippen LogP contribution is 2.32. The number of carbonyl (C=O) groups is 1. The van der Waals surface area contributed by atoms with Crippen LogP contribution in [0.2, 0.25) is 0 Å². The fourth-order valence-corrected chi connectivity index (χ4v) is 3.12. The lowest BCUT2D eigenvalue weighted by Gasteiger charge is -2.23. The third-order valence-corrected chi connectivity index (χ3v) is 4.35. The number of fused-ring (bicyclic) bond motifs is 1. The van der Waals surface area contributed by atoms with Crippen molar-refractivity contribution in [1.29, 1.82) is 0 Å². The molecule has 1 aliphatic rings. The standard InChI is InChI=1S/C21H26N2O5/c1-15(2)12-23(10-9-16-3-7-19-20(11-16)27-14-26-19)13-18-5-4-17(28-18)6-8-21(24)22-25/h3-8,11,15,25H,9-10,12-14H2,1-2H3,(H,22,24)/b8-6+. The summed E-state index contributed by atoms with van der Waals surface area (Å²) < 4.78 is 16.6. The van der Waals surface area contributed by atoms with Gasteiger partial charge in [0, 0.05) is 19.2 Å². The third-order valence-electron chi connectivity index (χ3n) is 4.35. The Bertz CT molecular complexity index is 828. The van der Waals surface area contributed by atoms with Crippen LogP contribution in [-0.2, 0) is 17.8 Å².